The maximum atomic E-state index is 11.3. The minimum atomic E-state index is 0. The number of carbonyl (C=O) groups excluding carboxylic acids is 1. The van der Waals surface area contributed by atoms with Crippen LogP contribution in [0.15, 0.2) is 24.3 Å². The minimum Gasteiger partial charge on any atom is -0.356 e. The van der Waals surface area contributed by atoms with Gasteiger partial charge in [0.15, 0.2) is 0 Å². The number of halogens is 1. The van der Waals surface area contributed by atoms with Crippen LogP contribution in [0.3, 0.4) is 0 Å². The minimum absolute atomic E-state index is 0. The molecule has 0 aliphatic carbocycles. The molecule has 0 fully saturated rings. The first-order valence-electron chi connectivity index (χ1n) is 5.74. The normalized spacial score (nSPS) is 9.53. The van der Waals surface area contributed by atoms with Gasteiger partial charge in [-0.1, -0.05) is 29.8 Å². The van der Waals surface area contributed by atoms with Gasteiger partial charge >= 0.3 is 0 Å². The zero-order chi connectivity index (χ0) is 11.8. The van der Waals surface area contributed by atoms with E-state index in [-0.39, 0.29) is 18.3 Å². The third-order valence-electron chi connectivity index (χ3n) is 2.46. The van der Waals surface area contributed by atoms with Crippen LogP contribution in [-0.2, 0) is 11.2 Å². The largest absolute Gasteiger partial charge is 0.356 e. The number of amides is 1. The first kappa shape index (κ1) is 15.9. The summed E-state index contributed by atoms with van der Waals surface area (Å²) < 4.78 is 0. The Hall–Kier alpha value is -1.06. The molecular formula is C13H21ClN2O. The fraction of sp³-hybridized carbons (Fsp3) is 0.462. The quantitative estimate of drug-likeness (QED) is 0.816. The molecule has 0 saturated carbocycles. The molecule has 0 heterocycles. The summed E-state index contributed by atoms with van der Waals surface area (Å²) in [7, 11) is 0. The lowest BCUT2D eigenvalue weighted by Crippen LogP contribution is -2.25. The topological polar surface area (TPSA) is 55.1 Å². The molecule has 0 radical (unpaired) electrons. The van der Waals surface area contributed by atoms with Crippen molar-refractivity contribution in [3.05, 3.63) is 35.4 Å². The van der Waals surface area contributed by atoms with Crippen LogP contribution in [-0.4, -0.2) is 19.0 Å². The van der Waals surface area contributed by atoms with E-state index in [0.717, 1.165) is 12.8 Å². The lowest BCUT2D eigenvalue weighted by atomic mass is 10.1. The molecule has 0 spiro atoms. The summed E-state index contributed by atoms with van der Waals surface area (Å²) in [6.45, 7) is 3.34. The number of hydrogen-bond donors (Lipinski definition) is 2. The van der Waals surface area contributed by atoms with Crippen LogP contribution in [0.1, 0.15) is 24.0 Å². The van der Waals surface area contributed by atoms with Crippen LogP contribution >= 0.6 is 12.4 Å². The van der Waals surface area contributed by atoms with Gasteiger partial charge in [-0.15, -0.1) is 12.4 Å². The van der Waals surface area contributed by atoms with Crippen molar-refractivity contribution in [2.24, 2.45) is 5.73 Å². The highest BCUT2D eigenvalue weighted by Crippen LogP contribution is 2.03. The van der Waals surface area contributed by atoms with Crippen molar-refractivity contribution in [3.63, 3.8) is 0 Å². The summed E-state index contributed by atoms with van der Waals surface area (Å²) in [6.07, 6.45) is 2.18. The van der Waals surface area contributed by atoms with Crippen molar-refractivity contribution >= 4 is 18.3 Å². The Morgan fingerprint density at radius 2 is 1.94 bits per heavy atom. The van der Waals surface area contributed by atoms with Gasteiger partial charge < -0.3 is 11.1 Å². The third kappa shape index (κ3) is 6.97. The number of benzene rings is 1. The van der Waals surface area contributed by atoms with Crippen molar-refractivity contribution < 1.29 is 4.79 Å². The maximum absolute atomic E-state index is 11.3. The van der Waals surface area contributed by atoms with Crippen molar-refractivity contribution in [2.45, 2.75) is 26.2 Å². The number of carbonyl (C=O) groups is 1. The second kappa shape index (κ2) is 9.02. The molecule has 0 unspecified atom stereocenters. The summed E-state index contributed by atoms with van der Waals surface area (Å²) in [5.74, 6) is 0.0950. The average molecular weight is 257 g/mol. The summed E-state index contributed by atoms with van der Waals surface area (Å²) in [6, 6.07) is 8.37. The monoisotopic (exact) mass is 256 g/mol. The van der Waals surface area contributed by atoms with E-state index in [0.29, 0.717) is 19.5 Å². The van der Waals surface area contributed by atoms with E-state index in [1.54, 1.807) is 0 Å². The first-order valence-corrected chi connectivity index (χ1v) is 5.74. The van der Waals surface area contributed by atoms with E-state index in [1.807, 2.05) is 0 Å². The molecule has 0 bridgehead atoms. The SMILES string of the molecule is Cc1ccc(CCNC(=O)CCCN)cc1.Cl. The Morgan fingerprint density at radius 1 is 1.29 bits per heavy atom. The van der Waals surface area contributed by atoms with E-state index >= 15 is 0 Å². The van der Waals surface area contributed by atoms with Crippen molar-refractivity contribution in [2.75, 3.05) is 13.1 Å². The number of rotatable bonds is 6. The van der Waals surface area contributed by atoms with Gasteiger partial charge in [0.1, 0.15) is 0 Å². The average Bonchev–Trinajstić information content (AvgIpc) is 2.29. The van der Waals surface area contributed by atoms with E-state index < -0.39 is 0 Å². The standard InChI is InChI=1S/C13H20N2O.ClH/c1-11-4-6-12(7-5-11)8-10-15-13(16)3-2-9-14;/h4-7H,2-3,8-10,14H2,1H3,(H,15,16);1H. The molecule has 0 aliphatic heterocycles. The Bertz CT molecular complexity index is 325. The Morgan fingerprint density at radius 3 is 2.53 bits per heavy atom. The van der Waals surface area contributed by atoms with Gasteiger partial charge in [-0.2, -0.15) is 0 Å². The molecule has 96 valence electrons. The zero-order valence-corrected chi connectivity index (χ0v) is 11.1. The van der Waals surface area contributed by atoms with Crippen LogP contribution in [0.2, 0.25) is 0 Å². The fourth-order valence-corrected chi connectivity index (χ4v) is 1.45. The second-order valence-corrected chi connectivity index (χ2v) is 3.98. The smallest absolute Gasteiger partial charge is 0.220 e. The summed E-state index contributed by atoms with van der Waals surface area (Å²) >= 11 is 0. The van der Waals surface area contributed by atoms with E-state index in [9.17, 15) is 4.79 Å². The summed E-state index contributed by atoms with van der Waals surface area (Å²) in [5, 5.41) is 2.89. The molecule has 1 aromatic rings. The number of hydrogen-bond acceptors (Lipinski definition) is 2. The molecule has 3 nitrogen and oxygen atoms in total. The number of aryl methyl sites for hydroxylation is 1. The first-order chi connectivity index (χ1) is 7.72. The predicted molar refractivity (Wildman–Crippen MR) is 73.4 cm³/mol. The van der Waals surface area contributed by atoms with Crippen molar-refractivity contribution in [1.29, 1.82) is 0 Å². The highest BCUT2D eigenvalue weighted by molar-refractivity contribution is 5.85. The van der Waals surface area contributed by atoms with Crippen molar-refractivity contribution in [3.8, 4) is 0 Å². The van der Waals surface area contributed by atoms with Crippen molar-refractivity contribution in [1.82, 2.24) is 5.32 Å². The summed E-state index contributed by atoms with van der Waals surface area (Å²) in [5.41, 5.74) is 7.84. The lowest BCUT2D eigenvalue weighted by molar-refractivity contribution is -0.121. The van der Waals surface area contributed by atoms with Gasteiger partial charge in [0, 0.05) is 13.0 Å². The zero-order valence-electron chi connectivity index (χ0n) is 10.2. The molecule has 4 heteroatoms. The van der Waals surface area contributed by atoms with Crippen LogP contribution in [0.5, 0.6) is 0 Å². The van der Waals surface area contributed by atoms with Gasteiger partial charge in [0.2, 0.25) is 5.91 Å². The number of nitrogens with two attached hydrogens (primary N) is 1. The molecule has 0 saturated heterocycles. The Kier molecular flexibility index (Phi) is 8.46. The van der Waals surface area contributed by atoms with Crippen LogP contribution in [0, 0.1) is 6.92 Å². The Labute approximate surface area is 109 Å². The maximum Gasteiger partial charge on any atom is 0.220 e. The van der Waals surface area contributed by atoms with Gasteiger partial charge in [-0.3, -0.25) is 4.79 Å². The summed E-state index contributed by atoms with van der Waals surface area (Å²) in [4.78, 5) is 11.3. The second-order valence-electron chi connectivity index (χ2n) is 3.98. The van der Waals surface area contributed by atoms with E-state index in [4.69, 9.17) is 5.73 Å². The van der Waals surface area contributed by atoms with Crippen LogP contribution < -0.4 is 11.1 Å². The molecule has 3 N–H and O–H groups in total. The number of nitrogens with one attached hydrogen (secondary N) is 1. The van der Waals surface area contributed by atoms with E-state index in [1.165, 1.54) is 11.1 Å². The molecule has 1 rings (SSSR count). The Balaban J connectivity index is 0.00000256. The lowest BCUT2D eigenvalue weighted by Gasteiger charge is -2.05. The predicted octanol–water partition coefficient (Wildman–Crippen LogP) is 1.81. The van der Waals surface area contributed by atoms with Crippen LogP contribution in [0.4, 0.5) is 0 Å². The fourth-order valence-electron chi connectivity index (χ4n) is 1.45. The van der Waals surface area contributed by atoms with Gasteiger partial charge in [-0.05, 0) is 31.9 Å². The molecule has 0 atom stereocenters. The highest BCUT2D eigenvalue weighted by atomic mass is 35.5. The molecule has 0 aliphatic rings. The third-order valence-corrected chi connectivity index (χ3v) is 2.46. The van der Waals surface area contributed by atoms with E-state index in [2.05, 4.69) is 36.5 Å². The van der Waals surface area contributed by atoms with Gasteiger partial charge in [-0.25, -0.2) is 0 Å². The molecule has 1 aromatic carbocycles. The molecule has 17 heavy (non-hydrogen) atoms. The molecular weight excluding hydrogens is 236 g/mol. The van der Waals surface area contributed by atoms with Gasteiger partial charge in [0.25, 0.3) is 0 Å². The molecule has 0 aromatic heterocycles. The highest BCUT2D eigenvalue weighted by Gasteiger charge is 1.99. The van der Waals surface area contributed by atoms with Crippen LogP contribution in [0.25, 0.3) is 0 Å². The van der Waals surface area contributed by atoms with Gasteiger partial charge in [0.05, 0.1) is 0 Å². The molecule has 1 amide bonds.